The highest BCUT2D eigenvalue weighted by Crippen LogP contribution is 2.33. The fraction of sp³-hybridized carbons (Fsp3) is 0.560. The van der Waals surface area contributed by atoms with Crippen molar-refractivity contribution in [3.63, 3.8) is 0 Å². The number of nitrogens with zero attached hydrogens (tertiary/aromatic N) is 5. The summed E-state index contributed by atoms with van der Waals surface area (Å²) in [7, 11) is 0. The molecule has 3 atom stereocenters. The number of benzene rings is 1. The number of esters is 1. The Morgan fingerprint density at radius 2 is 1.72 bits per heavy atom. The van der Waals surface area contributed by atoms with E-state index in [4.69, 9.17) is 16.3 Å². The molecule has 3 fully saturated rings. The number of alkyl halides is 3. The lowest BCUT2D eigenvalue weighted by atomic mass is 9.94. The van der Waals surface area contributed by atoms with Gasteiger partial charge in [-0.25, -0.2) is 14.8 Å². The Kier molecular flexibility index (Phi) is 7.37. The second kappa shape index (κ2) is 10.5. The van der Waals surface area contributed by atoms with Gasteiger partial charge in [0.1, 0.15) is 6.10 Å². The number of anilines is 1. The Balaban J connectivity index is 1.28. The molecule has 1 aromatic heterocycles. The summed E-state index contributed by atoms with van der Waals surface area (Å²) in [5.41, 5.74) is 1.17. The van der Waals surface area contributed by atoms with E-state index >= 15 is 0 Å². The van der Waals surface area contributed by atoms with Crippen LogP contribution in [0.2, 0.25) is 5.02 Å². The first kappa shape index (κ1) is 25.2. The highest BCUT2D eigenvalue weighted by molar-refractivity contribution is 6.30. The predicted octanol–water partition coefficient (Wildman–Crippen LogP) is 3.57. The van der Waals surface area contributed by atoms with Crippen molar-refractivity contribution < 1.29 is 22.7 Å². The van der Waals surface area contributed by atoms with Crippen LogP contribution in [0.4, 0.5) is 19.1 Å². The molecule has 11 heteroatoms. The number of rotatable bonds is 5. The Labute approximate surface area is 213 Å². The van der Waals surface area contributed by atoms with E-state index in [1.807, 2.05) is 24.3 Å². The first-order valence-electron chi connectivity index (χ1n) is 12.3. The molecule has 0 spiro atoms. The summed E-state index contributed by atoms with van der Waals surface area (Å²) in [5, 5.41) is 0.684. The maximum absolute atomic E-state index is 12.7. The maximum atomic E-state index is 12.7. The van der Waals surface area contributed by atoms with Crippen LogP contribution < -0.4 is 4.90 Å². The molecule has 194 valence electrons. The first-order valence-corrected chi connectivity index (χ1v) is 12.7. The number of ether oxygens (including phenoxy) is 1. The third kappa shape index (κ3) is 5.76. The topological polar surface area (TPSA) is 61.8 Å². The zero-order valence-electron chi connectivity index (χ0n) is 19.8. The summed E-state index contributed by atoms with van der Waals surface area (Å²) in [5.74, 6) is -1.36. The van der Waals surface area contributed by atoms with Crippen LogP contribution in [0, 0.1) is 0 Å². The van der Waals surface area contributed by atoms with Crippen LogP contribution in [-0.4, -0.2) is 88.9 Å². The Morgan fingerprint density at radius 3 is 2.39 bits per heavy atom. The van der Waals surface area contributed by atoms with Crippen molar-refractivity contribution in [1.82, 2.24) is 19.8 Å². The minimum atomic E-state index is -4.97. The van der Waals surface area contributed by atoms with Crippen molar-refractivity contribution in [2.45, 2.75) is 56.1 Å². The number of hydrogen-bond acceptors (Lipinski definition) is 7. The highest BCUT2D eigenvalue weighted by Gasteiger charge is 2.47. The second-order valence-corrected chi connectivity index (χ2v) is 10.3. The van der Waals surface area contributed by atoms with Crippen LogP contribution in [0.15, 0.2) is 42.7 Å². The van der Waals surface area contributed by atoms with Crippen LogP contribution in [0.5, 0.6) is 0 Å². The smallest absolute Gasteiger partial charge is 0.454 e. The van der Waals surface area contributed by atoms with Gasteiger partial charge in [-0.2, -0.15) is 13.2 Å². The molecule has 36 heavy (non-hydrogen) atoms. The number of piperazine rings is 1. The molecule has 0 radical (unpaired) electrons. The number of carbonyl (C=O) groups excluding carboxylic acids is 1. The normalized spacial score (nSPS) is 26.1. The van der Waals surface area contributed by atoms with Gasteiger partial charge in [-0.05, 0) is 43.0 Å². The van der Waals surface area contributed by atoms with E-state index in [9.17, 15) is 18.0 Å². The van der Waals surface area contributed by atoms with Gasteiger partial charge in [0.2, 0.25) is 5.95 Å². The fourth-order valence-corrected chi connectivity index (χ4v) is 5.92. The van der Waals surface area contributed by atoms with E-state index in [2.05, 4.69) is 24.7 Å². The summed E-state index contributed by atoms with van der Waals surface area (Å²) in [4.78, 5) is 27.1. The molecular weight excluding hydrogens is 495 g/mol. The van der Waals surface area contributed by atoms with E-state index in [-0.39, 0.29) is 12.1 Å². The number of halogens is 4. The zero-order chi connectivity index (χ0) is 25.3. The van der Waals surface area contributed by atoms with Gasteiger partial charge in [-0.1, -0.05) is 23.7 Å². The van der Waals surface area contributed by atoms with Gasteiger partial charge >= 0.3 is 12.1 Å². The van der Waals surface area contributed by atoms with Crippen molar-refractivity contribution in [2.75, 3.05) is 37.6 Å². The number of piperidine rings is 1. The maximum Gasteiger partial charge on any atom is 0.490 e. The SMILES string of the molecule is O=C(O[C@H]1C[C@H]2CN(C3CCN(c4ncccn4)CC3)[C@@H](Cc3ccc(Cl)cc3)CN2C1)C(F)(F)F. The van der Waals surface area contributed by atoms with Gasteiger partial charge in [-0.3, -0.25) is 9.80 Å². The molecule has 3 aliphatic rings. The molecule has 0 unspecified atom stereocenters. The molecule has 0 saturated carbocycles. The van der Waals surface area contributed by atoms with Crippen molar-refractivity contribution in [3.8, 4) is 0 Å². The molecule has 0 N–H and O–H groups in total. The van der Waals surface area contributed by atoms with Crippen LogP contribution >= 0.6 is 11.6 Å². The Morgan fingerprint density at radius 1 is 1.03 bits per heavy atom. The summed E-state index contributed by atoms with van der Waals surface area (Å²) in [6, 6.07) is 10.2. The third-order valence-corrected chi connectivity index (χ3v) is 7.74. The molecule has 3 aliphatic heterocycles. The van der Waals surface area contributed by atoms with Gasteiger partial charge in [0, 0.05) is 74.7 Å². The summed E-state index contributed by atoms with van der Waals surface area (Å²) in [6.07, 6.45) is 0.928. The third-order valence-electron chi connectivity index (χ3n) is 7.48. The second-order valence-electron chi connectivity index (χ2n) is 9.82. The standard InChI is InChI=1S/C25H29ClF3N5O2/c26-18-4-2-17(3-5-18)12-21-14-33-16-22(36-23(35)25(27,28)29)13-20(33)15-34(21)19-6-10-32(11-7-19)24-30-8-1-9-31-24/h1-5,8-9,19-22H,6-7,10-16H2/t20-,21-,22-/m0/s1. The van der Waals surface area contributed by atoms with Crippen molar-refractivity contribution in [3.05, 3.63) is 53.3 Å². The first-order chi connectivity index (χ1) is 17.3. The van der Waals surface area contributed by atoms with E-state index in [1.54, 1.807) is 18.5 Å². The average Bonchev–Trinajstić information content (AvgIpc) is 3.26. The van der Waals surface area contributed by atoms with Gasteiger partial charge in [0.25, 0.3) is 0 Å². The van der Waals surface area contributed by atoms with Crippen LogP contribution in [0.1, 0.15) is 24.8 Å². The Hall–Kier alpha value is -2.43. The number of hydrogen-bond donors (Lipinski definition) is 0. The van der Waals surface area contributed by atoms with Crippen molar-refractivity contribution in [2.24, 2.45) is 0 Å². The lowest BCUT2D eigenvalue weighted by Gasteiger charge is -2.49. The number of aromatic nitrogens is 2. The predicted molar refractivity (Wildman–Crippen MR) is 129 cm³/mol. The largest absolute Gasteiger partial charge is 0.490 e. The van der Waals surface area contributed by atoms with Gasteiger partial charge in [0.05, 0.1) is 0 Å². The minimum absolute atomic E-state index is 0.0630. The summed E-state index contributed by atoms with van der Waals surface area (Å²) in [6.45, 7) is 3.49. The van der Waals surface area contributed by atoms with E-state index < -0.39 is 18.2 Å². The zero-order valence-corrected chi connectivity index (χ0v) is 20.5. The number of fused-ring (bicyclic) bond motifs is 1. The minimum Gasteiger partial charge on any atom is -0.454 e. The van der Waals surface area contributed by atoms with Crippen molar-refractivity contribution >= 4 is 23.5 Å². The van der Waals surface area contributed by atoms with Gasteiger partial charge in [-0.15, -0.1) is 0 Å². The molecule has 0 amide bonds. The lowest BCUT2D eigenvalue weighted by molar-refractivity contribution is -0.204. The summed E-state index contributed by atoms with van der Waals surface area (Å²) >= 11 is 6.08. The van der Waals surface area contributed by atoms with Gasteiger partial charge in [0.15, 0.2) is 0 Å². The fourth-order valence-electron chi connectivity index (χ4n) is 5.80. The molecule has 0 bridgehead atoms. The molecule has 3 saturated heterocycles. The molecule has 0 aliphatic carbocycles. The molecule has 5 rings (SSSR count). The van der Waals surface area contributed by atoms with E-state index in [0.29, 0.717) is 24.0 Å². The number of carbonyl (C=O) groups is 1. The average molecular weight is 524 g/mol. The van der Waals surface area contributed by atoms with E-state index in [1.165, 1.54) is 5.56 Å². The summed E-state index contributed by atoms with van der Waals surface area (Å²) < 4.78 is 43.1. The lowest BCUT2D eigenvalue weighted by Crippen LogP contribution is -2.61. The Bertz CT molecular complexity index is 1030. The monoisotopic (exact) mass is 523 g/mol. The molecule has 2 aromatic rings. The van der Waals surface area contributed by atoms with Crippen LogP contribution in [0.25, 0.3) is 0 Å². The molecule has 7 nitrogen and oxygen atoms in total. The molecule has 4 heterocycles. The van der Waals surface area contributed by atoms with Crippen molar-refractivity contribution in [1.29, 1.82) is 0 Å². The van der Waals surface area contributed by atoms with Gasteiger partial charge < -0.3 is 9.64 Å². The quantitative estimate of drug-likeness (QED) is 0.555. The molecular formula is C25H29ClF3N5O2. The highest BCUT2D eigenvalue weighted by atomic mass is 35.5. The van der Waals surface area contributed by atoms with Crippen LogP contribution in [0.3, 0.4) is 0 Å². The van der Waals surface area contributed by atoms with E-state index in [0.717, 1.165) is 51.4 Å². The van der Waals surface area contributed by atoms with Crippen LogP contribution in [-0.2, 0) is 16.0 Å². The molecule has 1 aromatic carbocycles.